The molecule has 0 amide bonds. The van der Waals surface area contributed by atoms with Gasteiger partial charge in [0.25, 0.3) is 0 Å². The van der Waals surface area contributed by atoms with Crippen LogP contribution in [-0.4, -0.2) is 51.9 Å². The van der Waals surface area contributed by atoms with Crippen molar-refractivity contribution in [1.82, 2.24) is 0 Å². The molecule has 7 atom stereocenters. The fraction of sp³-hybridized carbons (Fsp3) is 0.545. The average molecular weight is 557 g/mol. The minimum absolute atomic E-state index is 0.136. The van der Waals surface area contributed by atoms with Crippen LogP contribution >= 0.6 is 0 Å². The minimum atomic E-state index is -1.04. The molecule has 0 bridgehead atoms. The molecule has 0 fully saturated rings. The van der Waals surface area contributed by atoms with Gasteiger partial charge in [0, 0.05) is 24.0 Å². The van der Waals surface area contributed by atoms with E-state index in [1.807, 2.05) is 44.2 Å². The zero-order chi connectivity index (χ0) is 30.4. The van der Waals surface area contributed by atoms with Crippen molar-refractivity contribution in [2.24, 2.45) is 29.6 Å². The van der Waals surface area contributed by atoms with Crippen LogP contribution in [0.25, 0.3) is 0 Å². The number of carbonyl (C=O) groups excluding carboxylic acids is 2. The molecular weight excluding hydrogens is 508 g/mol. The summed E-state index contributed by atoms with van der Waals surface area (Å²) in [4.78, 5) is 35.4. The van der Waals surface area contributed by atoms with Crippen molar-refractivity contribution in [2.45, 2.75) is 79.9 Å². The molecule has 222 valence electrons. The quantitative estimate of drug-likeness (QED) is 0.126. The van der Waals surface area contributed by atoms with E-state index in [-0.39, 0.29) is 42.2 Å². The maximum absolute atomic E-state index is 13.0. The largest absolute Gasteiger partial charge is 0.478 e. The number of carbonyl (C=O) groups is 3. The summed E-state index contributed by atoms with van der Waals surface area (Å²) in [5.41, 5.74) is 2.62. The van der Waals surface area contributed by atoms with Crippen LogP contribution in [0.3, 0.4) is 0 Å². The third kappa shape index (κ3) is 12.4. The van der Waals surface area contributed by atoms with E-state index in [2.05, 4.69) is 19.9 Å². The Hall–Kier alpha value is -3.03. The monoisotopic (exact) mass is 556 g/mol. The van der Waals surface area contributed by atoms with Gasteiger partial charge in [0.1, 0.15) is 11.9 Å². The van der Waals surface area contributed by atoms with Crippen LogP contribution in [0.2, 0.25) is 0 Å². The molecule has 0 spiro atoms. The summed E-state index contributed by atoms with van der Waals surface area (Å²) < 4.78 is 5.38. The van der Waals surface area contributed by atoms with Gasteiger partial charge in [-0.15, -0.1) is 0 Å². The number of ether oxygens (including phenoxy) is 1. The van der Waals surface area contributed by atoms with Crippen LogP contribution in [0.15, 0.2) is 71.4 Å². The SMILES string of the molecule is CCC(/C=C/[C@@H]1OC(=O)C=C[C@@H]1C)=C\[C@H](C)C/C=C/C(C)=C/[C@H](CO)C(=O)[C@H](C)[C@H](O)[C@H](C)C/C(C)=C/C(=O)O. The van der Waals surface area contributed by atoms with E-state index in [4.69, 9.17) is 9.84 Å². The van der Waals surface area contributed by atoms with E-state index in [1.165, 1.54) is 6.08 Å². The number of allylic oxidation sites excluding steroid dienone is 7. The predicted molar refractivity (Wildman–Crippen MR) is 158 cm³/mol. The van der Waals surface area contributed by atoms with Gasteiger partial charge in [0.05, 0.1) is 18.6 Å². The molecule has 0 unspecified atom stereocenters. The van der Waals surface area contributed by atoms with E-state index >= 15 is 0 Å². The highest BCUT2D eigenvalue weighted by molar-refractivity contribution is 5.85. The molecule has 0 aromatic rings. The van der Waals surface area contributed by atoms with Crippen LogP contribution in [0.4, 0.5) is 0 Å². The lowest BCUT2D eigenvalue weighted by molar-refractivity contribution is -0.143. The molecule has 0 radical (unpaired) electrons. The minimum Gasteiger partial charge on any atom is -0.478 e. The number of esters is 1. The summed E-state index contributed by atoms with van der Waals surface area (Å²) in [5.74, 6) is -2.97. The molecule has 7 nitrogen and oxygen atoms in total. The zero-order valence-corrected chi connectivity index (χ0v) is 25.0. The maximum atomic E-state index is 13.0. The summed E-state index contributed by atoms with van der Waals surface area (Å²) in [6.07, 6.45) is 17.1. The Kier molecular flexibility index (Phi) is 15.4. The summed E-state index contributed by atoms with van der Waals surface area (Å²) >= 11 is 0. The third-order valence-electron chi connectivity index (χ3n) is 7.19. The van der Waals surface area contributed by atoms with Crippen molar-refractivity contribution in [3.8, 4) is 0 Å². The lowest BCUT2D eigenvalue weighted by atomic mass is 9.82. The van der Waals surface area contributed by atoms with Crippen LogP contribution < -0.4 is 0 Å². The maximum Gasteiger partial charge on any atom is 0.331 e. The Morgan fingerprint density at radius 3 is 2.40 bits per heavy atom. The molecule has 0 saturated heterocycles. The first-order valence-corrected chi connectivity index (χ1v) is 14.1. The van der Waals surface area contributed by atoms with E-state index in [9.17, 15) is 24.6 Å². The van der Waals surface area contributed by atoms with Crippen molar-refractivity contribution in [3.63, 3.8) is 0 Å². The second-order valence-corrected chi connectivity index (χ2v) is 11.1. The molecule has 0 aromatic heterocycles. The summed E-state index contributed by atoms with van der Waals surface area (Å²) in [5, 5.41) is 29.5. The van der Waals surface area contributed by atoms with Crippen LogP contribution in [-0.2, 0) is 19.1 Å². The lowest BCUT2D eigenvalue weighted by Crippen LogP contribution is -2.35. The van der Waals surface area contributed by atoms with Gasteiger partial charge < -0.3 is 20.1 Å². The molecule has 0 aromatic carbocycles. The lowest BCUT2D eigenvalue weighted by Gasteiger charge is -2.26. The first kappa shape index (κ1) is 35.0. The number of aliphatic carboxylic acids is 1. The second kappa shape index (κ2) is 17.6. The van der Waals surface area contributed by atoms with Crippen molar-refractivity contribution < 1.29 is 34.4 Å². The van der Waals surface area contributed by atoms with Gasteiger partial charge in [0.2, 0.25) is 0 Å². The number of rotatable bonds is 16. The van der Waals surface area contributed by atoms with E-state index in [0.29, 0.717) is 12.0 Å². The fourth-order valence-electron chi connectivity index (χ4n) is 4.74. The van der Waals surface area contributed by atoms with Gasteiger partial charge in [0.15, 0.2) is 0 Å². The Balaban J connectivity index is 2.76. The zero-order valence-electron chi connectivity index (χ0n) is 25.0. The standard InChI is InChI=1S/C33H48O7/c1-8-27(13-14-29-24(5)12-15-31(37)40-29)17-21(2)10-9-11-22(3)18-28(20-34)33(39)26(7)32(38)25(6)16-23(4)19-30(35)36/h9,11-15,17-19,21,24-26,28-29,32,34,38H,8,10,16,20H2,1-7H3,(H,35,36)/b11-9+,14-13+,22-18+,23-19+,27-17+/t21-,24+,25-,26-,28-,29+,32-/m1/s1. The van der Waals surface area contributed by atoms with E-state index in [0.717, 1.165) is 30.1 Å². The van der Waals surface area contributed by atoms with Crippen LogP contribution in [0.1, 0.15) is 67.7 Å². The van der Waals surface area contributed by atoms with Gasteiger partial charge in [-0.05, 0) is 51.0 Å². The molecule has 1 heterocycles. The fourth-order valence-corrected chi connectivity index (χ4v) is 4.74. The molecule has 40 heavy (non-hydrogen) atoms. The molecule has 7 heteroatoms. The van der Waals surface area contributed by atoms with Gasteiger partial charge in [-0.1, -0.05) is 87.8 Å². The third-order valence-corrected chi connectivity index (χ3v) is 7.19. The molecule has 1 rings (SSSR count). The van der Waals surface area contributed by atoms with Crippen molar-refractivity contribution in [2.75, 3.05) is 6.61 Å². The van der Waals surface area contributed by atoms with Gasteiger partial charge in [-0.25, -0.2) is 9.59 Å². The summed E-state index contributed by atoms with van der Waals surface area (Å²) in [6, 6.07) is 0. The van der Waals surface area contributed by atoms with Crippen molar-refractivity contribution >= 4 is 17.7 Å². The number of Topliss-reactive ketones (excluding diaryl/α,β-unsaturated/α-hetero) is 1. The van der Waals surface area contributed by atoms with E-state index < -0.39 is 23.9 Å². The van der Waals surface area contributed by atoms with Crippen molar-refractivity contribution in [1.29, 1.82) is 0 Å². The highest BCUT2D eigenvalue weighted by Gasteiger charge is 2.30. The molecule has 3 N–H and O–H groups in total. The normalized spacial score (nSPS) is 22.7. The number of aliphatic hydroxyl groups excluding tert-OH is 2. The Morgan fingerprint density at radius 1 is 1.12 bits per heavy atom. The smallest absolute Gasteiger partial charge is 0.331 e. The Labute approximate surface area is 239 Å². The van der Waals surface area contributed by atoms with E-state index in [1.54, 1.807) is 26.8 Å². The summed E-state index contributed by atoms with van der Waals surface area (Å²) in [6.45, 7) is 12.8. The second-order valence-electron chi connectivity index (χ2n) is 11.1. The Bertz CT molecular complexity index is 1040. The highest BCUT2D eigenvalue weighted by Crippen LogP contribution is 2.24. The number of hydrogen-bond donors (Lipinski definition) is 3. The molecule has 0 saturated carbocycles. The first-order chi connectivity index (χ1) is 18.8. The highest BCUT2D eigenvalue weighted by atomic mass is 16.5. The molecule has 1 aliphatic rings. The average Bonchev–Trinajstić information content (AvgIpc) is 2.89. The molecule has 0 aliphatic carbocycles. The number of ketones is 1. The number of carboxylic acid groups (broad SMARTS) is 1. The number of hydrogen-bond acceptors (Lipinski definition) is 6. The Morgan fingerprint density at radius 2 is 1.80 bits per heavy atom. The van der Waals surface area contributed by atoms with Crippen molar-refractivity contribution in [3.05, 3.63) is 71.4 Å². The molecule has 1 aliphatic heterocycles. The topological polar surface area (TPSA) is 121 Å². The first-order valence-electron chi connectivity index (χ1n) is 14.1. The van der Waals surface area contributed by atoms with Gasteiger partial charge >= 0.3 is 11.9 Å². The molecular formula is C33H48O7. The predicted octanol–water partition coefficient (Wildman–Crippen LogP) is 5.76. The van der Waals surface area contributed by atoms with Gasteiger partial charge in [-0.2, -0.15) is 0 Å². The van der Waals surface area contributed by atoms with Crippen LogP contribution in [0, 0.1) is 29.6 Å². The number of aliphatic hydroxyl groups is 2. The number of carboxylic acids is 1. The van der Waals surface area contributed by atoms with Gasteiger partial charge in [-0.3, -0.25) is 4.79 Å². The summed E-state index contributed by atoms with van der Waals surface area (Å²) in [7, 11) is 0. The van der Waals surface area contributed by atoms with Crippen LogP contribution in [0.5, 0.6) is 0 Å². The number of cyclic esters (lactones) is 1.